The lowest BCUT2D eigenvalue weighted by Gasteiger charge is -2.25. The molecule has 132 valence electrons. The average Bonchev–Trinajstić information content (AvgIpc) is 2.98. The van der Waals surface area contributed by atoms with Crippen LogP contribution < -0.4 is 10.6 Å². The van der Waals surface area contributed by atoms with Crippen LogP contribution in [-0.2, 0) is 4.79 Å². The Morgan fingerprint density at radius 3 is 2.77 bits per heavy atom. The Kier molecular flexibility index (Phi) is 4.12. The Balaban J connectivity index is 1.47. The third-order valence-corrected chi connectivity index (χ3v) is 4.51. The number of hydrogen-bond acceptors (Lipinski definition) is 5. The number of nitrogens with zero attached hydrogens (tertiary/aromatic N) is 4. The molecule has 2 N–H and O–H groups in total. The monoisotopic (exact) mass is 348 g/mol. The predicted octanol–water partition coefficient (Wildman–Crippen LogP) is 2.82. The van der Waals surface area contributed by atoms with Gasteiger partial charge in [0.2, 0.25) is 5.91 Å². The van der Waals surface area contributed by atoms with E-state index in [-0.39, 0.29) is 11.8 Å². The summed E-state index contributed by atoms with van der Waals surface area (Å²) in [5.74, 6) is 1.51. The Morgan fingerprint density at radius 1 is 1.19 bits per heavy atom. The highest BCUT2D eigenvalue weighted by Crippen LogP contribution is 2.31. The zero-order valence-electron chi connectivity index (χ0n) is 14.7. The van der Waals surface area contributed by atoms with Crippen LogP contribution >= 0.6 is 0 Å². The number of para-hydroxylation sites is 1. The smallest absolute Gasteiger partial charge is 0.225 e. The molecule has 0 saturated carbocycles. The number of aryl methyl sites for hydroxylation is 2. The van der Waals surface area contributed by atoms with E-state index in [4.69, 9.17) is 0 Å². The van der Waals surface area contributed by atoms with E-state index in [1.807, 2.05) is 50.2 Å². The summed E-state index contributed by atoms with van der Waals surface area (Å²) in [7, 11) is 0. The molecule has 0 saturated heterocycles. The number of aromatic nitrogens is 4. The topological polar surface area (TPSA) is 84.7 Å². The molecule has 7 nitrogen and oxygen atoms in total. The Bertz CT molecular complexity index is 947. The normalized spacial score (nSPS) is 16.1. The van der Waals surface area contributed by atoms with E-state index < -0.39 is 0 Å². The maximum atomic E-state index is 11.9. The van der Waals surface area contributed by atoms with Crippen molar-refractivity contribution in [2.75, 3.05) is 17.2 Å². The SMILES string of the molecule is Cc1cc(C)n(-c2ccc(NC[C@@H]3CC(=O)Nc4ccccc43)nn2)n1. The van der Waals surface area contributed by atoms with Gasteiger partial charge in [0.05, 0.1) is 5.69 Å². The minimum Gasteiger partial charge on any atom is -0.368 e. The molecule has 1 atom stereocenters. The number of hydrogen-bond donors (Lipinski definition) is 2. The summed E-state index contributed by atoms with van der Waals surface area (Å²) in [4.78, 5) is 11.9. The van der Waals surface area contributed by atoms with E-state index in [0.717, 1.165) is 22.6 Å². The molecule has 1 amide bonds. The highest BCUT2D eigenvalue weighted by molar-refractivity contribution is 5.94. The van der Waals surface area contributed by atoms with E-state index in [9.17, 15) is 4.79 Å². The average molecular weight is 348 g/mol. The summed E-state index contributed by atoms with van der Waals surface area (Å²) in [6.45, 7) is 4.56. The number of nitrogens with one attached hydrogen (secondary N) is 2. The molecule has 3 aromatic rings. The maximum absolute atomic E-state index is 11.9. The lowest BCUT2D eigenvalue weighted by atomic mass is 9.90. The molecule has 2 aromatic heterocycles. The van der Waals surface area contributed by atoms with Gasteiger partial charge in [-0.2, -0.15) is 5.10 Å². The standard InChI is InChI=1S/C19H20N6O/c1-12-9-13(2)25(24-12)18-8-7-17(22-23-18)20-11-14-10-19(26)21-16-6-4-3-5-15(14)16/h3-9,14H,10-11H2,1-2H3,(H,20,22)(H,21,26)/t14-/m0/s1. The molecule has 0 bridgehead atoms. The highest BCUT2D eigenvalue weighted by atomic mass is 16.1. The largest absolute Gasteiger partial charge is 0.368 e. The number of carbonyl (C=O) groups excluding carboxylic acids is 1. The van der Waals surface area contributed by atoms with Crippen molar-refractivity contribution in [3.8, 4) is 5.82 Å². The van der Waals surface area contributed by atoms with Gasteiger partial charge in [0.1, 0.15) is 5.82 Å². The van der Waals surface area contributed by atoms with Gasteiger partial charge in [-0.1, -0.05) is 18.2 Å². The van der Waals surface area contributed by atoms with Crippen molar-refractivity contribution in [3.63, 3.8) is 0 Å². The van der Waals surface area contributed by atoms with Crippen LogP contribution in [0.15, 0.2) is 42.5 Å². The van der Waals surface area contributed by atoms with Gasteiger partial charge in [0, 0.05) is 30.3 Å². The second kappa shape index (κ2) is 6.59. The molecule has 4 rings (SSSR count). The molecule has 0 aliphatic carbocycles. The van der Waals surface area contributed by atoms with Gasteiger partial charge in [-0.3, -0.25) is 4.79 Å². The van der Waals surface area contributed by atoms with Crippen molar-refractivity contribution < 1.29 is 4.79 Å². The first-order chi connectivity index (χ1) is 12.6. The summed E-state index contributed by atoms with van der Waals surface area (Å²) >= 11 is 0. The molecular formula is C19H20N6O. The third-order valence-electron chi connectivity index (χ3n) is 4.51. The summed E-state index contributed by atoms with van der Waals surface area (Å²) in [5, 5.41) is 19.1. The minimum atomic E-state index is 0.0430. The molecule has 0 radical (unpaired) electrons. The highest BCUT2D eigenvalue weighted by Gasteiger charge is 2.24. The fraction of sp³-hybridized carbons (Fsp3) is 0.263. The molecule has 0 spiro atoms. The Labute approximate surface area is 151 Å². The number of anilines is 2. The van der Waals surface area contributed by atoms with E-state index >= 15 is 0 Å². The predicted molar refractivity (Wildman–Crippen MR) is 99.5 cm³/mol. The number of rotatable bonds is 4. The van der Waals surface area contributed by atoms with Crippen molar-refractivity contribution in [3.05, 3.63) is 59.4 Å². The van der Waals surface area contributed by atoms with Crippen LogP contribution in [-0.4, -0.2) is 32.4 Å². The fourth-order valence-electron chi connectivity index (χ4n) is 3.31. The molecule has 1 aliphatic rings. The van der Waals surface area contributed by atoms with E-state index in [1.54, 1.807) is 4.68 Å². The fourth-order valence-corrected chi connectivity index (χ4v) is 3.31. The lowest BCUT2D eigenvalue weighted by molar-refractivity contribution is -0.116. The van der Waals surface area contributed by atoms with Gasteiger partial charge in [-0.25, -0.2) is 4.68 Å². The van der Waals surface area contributed by atoms with Crippen molar-refractivity contribution in [1.29, 1.82) is 0 Å². The van der Waals surface area contributed by atoms with Gasteiger partial charge in [-0.15, -0.1) is 10.2 Å². The van der Waals surface area contributed by atoms with Crippen LogP contribution in [0.5, 0.6) is 0 Å². The third kappa shape index (κ3) is 3.15. The summed E-state index contributed by atoms with van der Waals surface area (Å²) in [6, 6.07) is 13.7. The first-order valence-electron chi connectivity index (χ1n) is 8.60. The van der Waals surface area contributed by atoms with Crippen molar-refractivity contribution in [2.45, 2.75) is 26.2 Å². The van der Waals surface area contributed by atoms with Gasteiger partial charge in [-0.05, 0) is 43.7 Å². The minimum absolute atomic E-state index is 0.0430. The molecule has 7 heteroatoms. The van der Waals surface area contributed by atoms with Gasteiger partial charge in [0.15, 0.2) is 5.82 Å². The van der Waals surface area contributed by atoms with Gasteiger partial charge in [0.25, 0.3) is 0 Å². The molecule has 0 fully saturated rings. The first-order valence-corrected chi connectivity index (χ1v) is 8.60. The second-order valence-electron chi connectivity index (χ2n) is 6.53. The van der Waals surface area contributed by atoms with Crippen LogP contribution in [0, 0.1) is 13.8 Å². The van der Waals surface area contributed by atoms with Crippen molar-refractivity contribution >= 4 is 17.4 Å². The Morgan fingerprint density at radius 2 is 2.04 bits per heavy atom. The van der Waals surface area contributed by atoms with Gasteiger partial charge >= 0.3 is 0 Å². The lowest BCUT2D eigenvalue weighted by Crippen LogP contribution is -2.27. The van der Waals surface area contributed by atoms with Crippen LogP contribution in [0.4, 0.5) is 11.5 Å². The first kappa shape index (κ1) is 16.3. The molecule has 26 heavy (non-hydrogen) atoms. The summed E-state index contributed by atoms with van der Waals surface area (Å²) in [5.41, 5.74) is 4.00. The number of amides is 1. The van der Waals surface area contributed by atoms with Crippen molar-refractivity contribution in [1.82, 2.24) is 20.0 Å². The number of benzene rings is 1. The van der Waals surface area contributed by atoms with Crippen LogP contribution in [0.25, 0.3) is 5.82 Å². The van der Waals surface area contributed by atoms with Crippen LogP contribution in [0.2, 0.25) is 0 Å². The number of fused-ring (bicyclic) bond motifs is 1. The van der Waals surface area contributed by atoms with Crippen molar-refractivity contribution in [2.24, 2.45) is 0 Å². The van der Waals surface area contributed by atoms with Crippen LogP contribution in [0.1, 0.15) is 29.3 Å². The zero-order chi connectivity index (χ0) is 18.1. The van der Waals surface area contributed by atoms with E-state index in [2.05, 4.69) is 32.0 Å². The van der Waals surface area contributed by atoms with E-state index in [1.165, 1.54) is 0 Å². The molecule has 0 unspecified atom stereocenters. The molecule has 3 heterocycles. The molecule has 1 aromatic carbocycles. The van der Waals surface area contributed by atoms with Gasteiger partial charge < -0.3 is 10.6 Å². The number of carbonyl (C=O) groups is 1. The van der Waals surface area contributed by atoms with E-state index in [0.29, 0.717) is 24.6 Å². The molecular weight excluding hydrogens is 328 g/mol. The Hall–Kier alpha value is -3.22. The van der Waals surface area contributed by atoms with Crippen LogP contribution in [0.3, 0.4) is 0 Å². The summed E-state index contributed by atoms with van der Waals surface area (Å²) in [6.07, 6.45) is 0.460. The quantitative estimate of drug-likeness (QED) is 0.757. The maximum Gasteiger partial charge on any atom is 0.225 e. The summed E-state index contributed by atoms with van der Waals surface area (Å²) < 4.78 is 1.77. The zero-order valence-corrected chi connectivity index (χ0v) is 14.7. The molecule has 1 aliphatic heterocycles. The second-order valence-corrected chi connectivity index (χ2v) is 6.53.